The molecule has 3 N–H and O–H groups in total. The van der Waals surface area contributed by atoms with Gasteiger partial charge in [0.15, 0.2) is 5.52 Å². The molecule has 0 saturated carbocycles. The van der Waals surface area contributed by atoms with Gasteiger partial charge >= 0.3 is 5.69 Å². The van der Waals surface area contributed by atoms with Crippen molar-refractivity contribution in [3.05, 3.63) is 22.2 Å². The van der Waals surface area contributed by atoms with Gasteiger partial charge in [0.25, 0.3) is 0 Å². The van der Waals surface area contributed by atoms with Crippen LogP contribution in [0.15, 0.2) is 16.8 Å². The van der Waals surface area contributed by atoms with Gasteiger partial charge in [0.2, 0.25) is 5.52 Å². The number of non-ortho nitro benzene ring substituents is 1. The van der Waals surface area contributed by atoms with Crippen LogP contribution < -0.4 is 11.1 Å². The fraction of sp³-hybridized carbons (Fsp3) is 0.500. The molecule has 0 radical (unpaired) electrons. The first kappa shape index (κ1) is 14.2. The number of nitrogens with one attached hydrogen (secondary N) is 1. The molecule has 0 aliphatic carbocycles. The second-order valence-electron chi connectivity index (χ2n) is 4.48. The second-order valence-corrected chi connectivity index (χ2v) is 4.48. The van der Waals surface area contributed by atoms with E-state index < -0.39 is 4.92 Å². The molecule has 0 aliphatic heterocycles. The van der Waals surface area contributed by atoms with Crippen LogP contribution in [-0.4, -0.2) is 28.3 Å². The lowest BCUT2D eigenvalue weighted by Gasteiger charge is -2.06. The largest absolute Gasteiger partial charge is 0.383 e. The lowest BCUT2D eigenvalue weighted by atomic mass is 10.2. The predicted molar refractivity (Wildman–Crippen MR) is 74.5 cm³/mol. The van der Waals surface area contributed by atoms with E-state index in [1.807, 2.05) is 0 Å². The van der Waals surface area contributed by atoms with E-state index in [-0.39, 0.29) is 11.2 Å². The Balaban J connectivity index is 1.99. The molecule has 2 aromatic rings. The molecular formula is C12H17N5O3. The number of nitro groups is 1. The third-order valence-electron chi connectivity index (χ3n) is 3.04. The number of aromatic nitrogens is 2. The Morgan fingerprint density at radius 1 is 1.20 bits per heavy atom. The minimum Gasteiger partial charge on any atom is -0.383 e. The fourth-order valence-corrected chi connectivity index (χ4v) is 1.99. The molecule has 0 aliphatic rings. The average molecular weight is 279 g/mol. The first-order valence-corrected chi connectivity index (χ1v) is 6.57. The summed E-state index contributed by atoms with van der Waals surface area (Å²) in [6.45, 7) is 1.49. The van der Waals surface area contributed by atoms with E-state index in [4.69, 9.17) is 5.73 Å². The van der Waals surface area contributed by atoms with Crippen LogP contribution >= 0.6 is 0 Å². The van der Waals surface area contributed by atoms with Gasteiger partial charge in [0.05, 0.1) is 10.6 Å². The summed E-state index contributed by atoms with van der Waals surface area (Å²) in [7, 11) is 0. The smallest absolute Gasteiger partial charge is 0.300 e. The Hall–Kier alpha value is -2.22. The van der Waals surface area contributed by atoms with E-state index >= 15 is 0 Å². The van der Waals surface area contributed by atoms with Crippen molar-refractivity contribution in [3.63, 3.8) is 0 Å². The van der Waals surface area contributed by atoms with E-state index in [0.717, 1.165) is 38.8 Å². The SMILES string of the molecule is NCCCCCCNc1ccc([N+](=O)[O-])c2nonc12. The summed E-state index contributed by atoms with van der Waals surface area (Å²) < 4.78 is 4.60. The molecule has 0 bridgehead atoms. The summed E-state index contributed by atoms with van der Waals surface area (Å²) in [5.74, 6) is 0. The van der Waals surface area contributed by atoms with Crippen LogP contribution in [-0.2, 0) is 0 Å². The lowest BCUT2D eigenvalue weighted by Crippen LogP contribution is -2.03. The van der Waals surface area contributed by atoms with Gasteiger partial charge in [0, 0.05) is 12.6 Å². The molecule has 0 fully saturated rings. The Bertz CT molecular complexity index is 583. The summed E-state index contributed by atoms with van der Waals surface area (Å²) in [5.41, 5.74) is 6.58. The van der Waals surface area contributed by atoms with Gasteiger partial charge in [0.1, 0.15) is 0 Å². The van der Waals surface area contributed by atoms with Crippen molar-refractivity contribution >= 4 is 22.4 Å². The molecule has 0 unspecified atom stereocenters. The minimum atomic E-state index is -0.497. The van der Waals surface area contributed by atoms with Crippen LogP contribution in [0.25, 0.3) is 11.0 Å². The van der Waals surface area contributed by atoms with Crippen molar-refractivity contribution in [2.75, 3.05) is 18.4 Å². The lowest BCUT2D eigenvalue weighted by molar-refractivity contribution is -0.383. The van der Waals surface area contributed by atoms with Gasteiger partial charge < -0.3 is 11.1 Å². The van der Waals surface area contributed by atoms with Crippen molar-refractivity contribution in [2.45, 2.75) is 25.7 Å². The molecule has 1 aromatic heterocycles. The van der Waals surface area contributed by atoms with Crippen molar-refractivity contribution < 1.29 is 9.55 Å². The quantitative estimate of drug-likeness (QED) is 0.431. The van der Waals surface area contributed by atoms with Gasteiger partial charge in [-0.1, -0.05) is 12.8 Å². The average Bonchev–Trinajstić information content (AvgIpc) is 2.91. The van der Waals surface area contributed by atoms with Gasteiger partial charge in [-0.25, -0.2) is 4.63 Å². The number of nitro benzene ring substituents is 1. The number of anilines is 1. The van der Waals surface area contributed by atoms with Gasteiger partial charge in [-0.3, -0.25) is 10.1 Å². The zero-order chi connectivity index (χ0) is 14.4. The third kappa shape index (κ3) is 3.21. The van der Waals surface area contributed by atoms with Gasteiger partial charge in [-0.05, 0) is 35.8 Å². The second kappa shape index (κ2) is 6.80. The Kier molecular flexibility index (Phi) is 4.83. The first-order valence-electron chi connectivity index (χ1n) is 6.57. The Morgan fingerprint density at radius 2 is 1.95 bits per heavy atom. The molecule has 1 heterocycles. The van der Waals surface area contributed by atoms with E-state index in [9.17, 15) is 10.1 Å². The molecule has 8 heteroatoms. The van der Waals surface area contributed by atoms with Crippen LogP contribution in [0.2, 0.25) is 0 Å². The minimum absolute atomic E-state index is 0.102. The highest BCUT2D eigenvalue weighted by Crippen LogP contribution is 2.28. The molecule has 0 atom stereocenters. The van der Waals surface area contributed by atoms with E-state index in [1.165, 1.54) is 6.07 Å². The predicted octanol–water partition coefficient (Wildman–Crippen LogP) is 2.06. The highest BCUT2D eigenvalue weighted by Gasteiger charge is 2.19. The maximum atomic E-state index is 10.9. The van der Waals surface area contributed by atoms with Crippen molar-refractivity contribution in [1.29, 1.82) is 0 Å². The van der Waals surface area contributed by atoms with E-state index in [0.29, 0.717) is 11.2 Å². The number of nitrogens with zero attached hydrogens (tertiary/aromatic N) is 3. The summed E-state index contributed by atoms with van der Waals surface area (Å²) >= 11 is 0. The molecule has 20 heavy (non-hydrogen) atoms. The standard InChI is InChI=1S/C12H17N5O3/c13-7-3-1-2-4-8-14-9-5-6-10(17(18)19)12-11(9)15-20-16-12/h5-6,14H,1-4,7-8,13H2. The van der Waals surface area contributed by atoms with Gasteiger partial charge in [-0.15, -0.1) is 0 Å². The number of nitrogens with two attached hydrogens (primary N) is 1. The summed E-state index contributed by atoms with van der Waals surface area (Å²) in [6, 6.07) is 3.04. The highest BCUT2D eigenvalue weighted by atomic mass is 16.6. The number of rotatable bonds is 8. The maximum absolute atomic E-state index is 10.9. The Morgan fingerprint density at radius 3 is 2.70 bits per heavy atom. The topological polar surface area (TPSA) is 120 Å². The fourth-order valence-electron chi connectivity index (χ4n) is 1.99. The van der Waals surface area contributed by atoms with Crippen LogP contribution in [0.3, 0.4) is 0 Å². The van der Waals surface area contributed by atoms with Crippen molar-refractivity contribution in [1.82, 2.24) is 10.3 Å². The molecular weight excluding hydrogens is 262 g/mol. The summed E-state index contributed by atoms with van der Waals surface area (Å²) in [6.07, 6.45) is 4.25. The Labute approximate surface area is 115 Å². The molecule has 2 rings (SSSR count). The number of unbranched alkanes of at least 4 members (excludes halogenated alkanes) is 3. The molecule has 0 amide bonds. The number of fused-ring (bicyclic) bond motifs is 1. The first-order chi connectivity index (χ1) is 9.74. The monoisotopic (exact) mass is 279 g/mol. The summed E-state index contributed by atoms with van der Waals surface area (Å²) in [5, 5.41) is 21.4. The van der Waals surface area contributed by atoms with Gasteiger partial charge in [-0.2, -0.15) is 0 Å². The van der Waals surface area contributed by atoms with Crippen molar-refractivity contribution in [3.8, 4) is 0 Å². The van der Waals surface area contributed by atoms with Crippen molar-refractivity contribution in [2.24, 2.45) is 5.73 Å². The van der Waals surface area contributed by atoms with Crippen LogP contribution in [0.5, 0.6) is 0 Å². The van der Waals surface area contributed by atoms with Crippen LogP contribution in [0.4, 0.5) is 11.4 Å². The molecule has 0 spiro atoms. The number of hydrogen-bond donors (Lipinski definition) is 2. The highest BCUT2D eigenvalue weighted by molar-refractivity contribution is 5.93. The maximum Gasteiger partial charge on any atom is 0.300 e. The normalized spacial score (nSPS) is 10.8. The molecule has 8 nitrogen and oxygen atoms in total. The van der Waals surface area contributed by atoms with Crippen LogP contribution in [0, 0.1) is 10.1 Å². The zero-order valence-electron chi connectivity index (χ0n) is 11.0. The molecule has 108 valence electrons. The number of hydrogen-bond acceptors (Lipinski definition) is 7. The third-order valence-corrected chi connectivity index (χ3v) is 3.04. The van der Waals surface area contributed by atoms with E-state index in [2.05, 4.69) is 20.3 Å². The molecule has 1 aromatic carbocycles. The van der Waals surface area contributed by atoms with Crippen LogP contribution in [0.1, 0.15) is 25.7 Å². The number of benzene rings is 1. The summed E-state index contributed by atoms with van der Waals surface area (Å²) in [4.78, 5) is 10.4. The molecule has 0 saturated heterocycles. The van der Waals surface area contributed by atoms with E-state index in [1.54, 1.807) is 6.07 Å². The zero-order valence-corrected chi connectivity index (χ0v) is 11.0.